The summed E-state index contributed by atoms with van der Waals surface area (Å²) in [5.41, 5.74) is 4.94. The highest BCUT2D eigenvalue weighted by Gasteiger charge is 2.46. The largest absolute Gasteiger partial charge is 0.480 e. The summed E-state index contributed by atoms with van der Waals surface area (Å²) in [4.78, 5) is 13.5. The lowest BCUT2D eigenvalue weighted by Gasteiger charge is -2.42. The molecule has 0 saturated heterocycles. The van der Waals surface area contributed by atoms with Gasteiger partial charge in [0.15, 0.2) is 0 Å². The molecule has 1 fully saturated rings. The standard InChI is InChI=1S/C12H25BN2O4/c1-15(2)8-10-4-3-9(5-6-13(18)19)7-12(10,14)11(16)17/h9-10,18-19H,3-8,14H2,1-2H3,(H,16,17)/t9-,10+,12+/m0/s1. The van der Waals surface area contributed by atoms with Crippen molar-refractivity contribution in [3.63, 3.8) is 0 Å². The zero-order valence-corrected chi connectivity index (χ0v) is 11.7. The summed E-state index contributed by atoms with van der Waals surface area (Å²) in [6, 6.07) is 0. The van der Waals surface area contributed by atoms with Crippen LogP contribution in [0.25, 0.3) is 0 Å². The minimum absolute atomic E-state index is 0.0599. The molecular formula is C12H25BN2O4. The van der Waals surface area contributed by atoms with Crippen molar-refractivity contribution in [1.82, 2.24) is 4.90 Å². The summed E-state index contributed by atoms with van der Waals surface area (Å²) in [6.07, 6.45) is 2.97. The fourth-order valence-corrected chi connectivity index (χ4v) is 3.03. The number of nitrogens with two attached hydrogens (primary N) is 1. The Morgan fingerprint density at radius 1 is 1.42 bits per heavy atom. The van der Waals surface area contributed by atoms with E-state index in [1.165, 1.54) is 0 Å². The minimum atomic E-state index is -1.32. The van der Waals surface area contributed by atoms with E-state index in [4.69, 9.17) is 15.8 Å². The van der Waals surface area contributed by atoms with Crippen LogP contribution in [-0.2, 0) is 4.79 Å². The van der Waals surface area contributed by atoms with Gasteiger partial charge in [-0.05, 0) is 45.6 Å². The van der Waals surface area contributed by atoms with E-state index < -0.39 is 18.6 Å². The van der Waals surface area contributed by atoms with E-state index in [9.17, 15) is 9.90 Å². The molecule has 0 aromatic heterocycles. The molecule has 0 bridgehead atoms. The zero-order chi connectivity index (χ0) is 14.6. The molecule has 6 nitrogen and oxygen atoms in total. The van der Waals surface area contributed by atoms with Crippen LogP contribution in [-0.4, -0.2) is 59.3 Å². The van der Waals surface area contributed by atoms with Crippen molar-refractivity contribution < 1.29 is 19.9 Å². The van der Waals surface area contributed by atoms with Gasteiger partial charge in [0.25, 0.3) is 0 Å². The molecule has 0 amide bonds. The highest BCUT2D eigenvalue weighted by Crippen LogP contribution is 2.38. The molecule has 5 N–H and O–H groups in total. The first-order valence-electron chi connectivity index (χ1n) is 6.79. The first-order valence-corrected chi connectivity index (χ1v) is 6.79. The average molecular weight is 272 g/mol. The molecule has 0 heterocycles. The van der Waals surface area contributed by atoms with Gasteiger partial charge >= 0.3 is 13.1 Å². The Bertz CT molecular complexity index is 314. The molecule has 0 aliphatic heterocycles. The van der Waals surface area contributed by atoms with E-state index in [1.807, 2.05) is 19.0 Å². The molecule has 19 heavy (non-hydrogen) atoms. The van der Waals surface area contributed by atoms with Gasteiger partial charge in [0.05, 0.1) is 0 Å². The summed E-state index contributed by atoms with van der Waals surface area (Å²) in [7, 11) is 2.50. The van der Waals surface area contributed by atoms with Crippen LogP contribution in [0.4, 0.5) is 0 Å². The predicted molar refractivity (Wildman–Crippen MR) is 73.6 cm³/mol. The number of aliphatic carboxylic acids is 1. The Morgan fingerprint density at radius 3 is 2.53 bits per heavy atom. The molecule has 0 aromatic rings. The molecular weight excluding hydrogens is 247 g/mol. The van der Waals surface area contributed by atoms with Crippen LogP contribution in [0.2, 0.25) is 6.32 Å². The van der Waals surface area contributed by atoms with Crippen molar-refractivity contribution in [2.45, 2.75) is 37.5 Å². The monoisotopic (exact) mass is 272 g/mol. The van der Waals surface area contributed by atoms with Crippen LogP contribution in [0.1, 0.15) is 25.7 Å². The van der Waals surface area contributed by atoms with E-state index in [0.29, 0.717) is 19.4 Å². The van der Waals surface area contributed by atoms with Gasteiger partial charge in [0, 0.05) is 12.5 Å². The molecule has 1 rings (SSSR count). The van der Waals surface area contributed by atoms with Crippen molar-refractivity contribution in [3.8, 4) is 0 Å². The second-order valence-electron chi connectivity index (χ2n) is 6.01. The molecule has 0 radical (unpaired) electrons. The maximum atomic E-state index is 11.5. The minimum Gasteiger partial charge on any atom is -0.480 e. The average Bonchev–Trinajstić information content (AvgIpc) is 2.29. The van der Waals surface area contributed by atoms with Crippen LogP contribution in [0, 0.1) is 11.8 Å². The molecule has 7 heteroatoms. The molecule has 110 valence electrons. The van der Waals surface area contributed by atoms with E-state index in [-0.39, 0.29) is 18.2 Å². The molecule has 1 saturated carbocycles. The fraction of sp³-hybridized carbons (Fsp3) is 0.917. The normalized spacial score (nSPS) is 31.5. The lowest BCUT2D eigenvalue weighted by molar-refractivity contribution is -0.148. The molecule has 3 atom stereocenters. The van der Waals surface area contributed by atoms with Crippen LogP contribution < -0.4 is 5.73 Å². The number of hydrogen-bond acceptors (Lipinski definition) is 5. The Morgan fingerprint density at radius 2 is 2.05 bits per heavy atom. The third kappa shape index (κ3) is 4.45. The SMILES string of the molecule is CN(C)C[C@H]1CC[C@@H](CCB(O)O)C[C@]1(N)C(=O)O. The summed E-state index contributed by atoms with van der Waals surface area (Å²) < 4.78 is 0. The summed E-state index contributed by atoms with van der Waals surface area (Å²) in [5.74, 6) is -0.856. The van der Waals surface area contributed by atoms with Crippen molar-refractivity contribution in [2.75, 3.05) is 20.6 Å². The van der Waals surface area contributed by atoms with E-state index >= 15 is 0 Å². The first-order chi connectivity index (χ1) is 8.75. The lowest BCUT2D eigenvalue weighted by atomic mass is 9.66. The quantitative estimate of drug-likeness (QED) is 0.490. The van der Waals surface area contributed by atoms with Gasteiger partial charge < -0.3 is 25.8 Å². The van der Waals surface area contributed by atoms with Gasteiger partial charge in [-0.3, -0.25) is 4.79 Å². The summed E-state index contributed by atoms with van der Waals surface area (Å²) in [5, 5.41) is 27.2. The second-order valence-corrected chi connectivity index (χ2v) is 6.01. The van der Waals surface area contributed by atoms with Crippen LogP contribution in [0.15, 0.2) is 0 Å². The highest BCUT2D eigenvalue weighted by molar-refractivity contribution is 6.40. The fourth-order valence-electron chi connectivity index (χ4n) is 3.03. The van der Waals surface area contributed by atoms with E-state index in [1.54, 1.807) is 0 Å². The Hall–Kier alpha value is -0.625. The van der Waals surface area contributed by atoms with Crippen LogP contribution in [0.3, 0.4) is 0 Å². The predicted octanol–water partition coefficient (Wildman–Crippen LogP) is -0.391. The van der Waals surface area contributed by atoms with Crippen molar-refractivity contribution in [3.05, 3.63) is 0 Å². The van der Waals surface area contributed by atoms with Gasteiger partial charge in [-0.15, -0.1) is 0 Å². The van der Waals surface area contributed by atoms with Crippen molar-refractivity contribution in [1.29, 1.82) is 0 Å². The first kappa shape index (κ1) is 16.4. The third-order valence-corrected chi connectivity index (χ3v) is 4.10. The van der Waals surface area contributed by atoms with Crippen LogP contribution >= 0.6 is 0 Å². The zero-order valence-electron chi connectivity index (χ0n) is 11.7. The Kier molecular flexibility index (Phi) is 5.79. The number of carboxylic acids is 1. The Balaban J connectivity index is 2.69. The number of hydrogen-bond donors (Lipinski definition) is 4. The maximum Gasteiger partial charge on any atom is 0.451 e. The van der Waals surface area contributed by atoms with Gasteiger partial charge in [-0.1, -0.05) is 6.42 Å². The molecule has 1 aliphatic carbocycles. The molecule has 0 spiro atoms. The van der Waals surface area contributed by atoms with E-state index in [2.05, 4.69) is 0 Å². The summed E-state index contributed by atoms with van der Waals surface area (Å²) in [6.45, 7) is 0.665. The van der Waals surface area contributed by atoms with Gasteiger partial charge in [0.1, 0.15) is 5.54 Å². The van der Waals surface area contributed by atoms with Crippen molar-refractivity contribution in [2.24, 2.45) is 17.6 Å². The van der Waals surface area contributed by atoms with E-state index in [0.717, 1.165) is 12.8 Å². The number of carbonyl (C=O) groups is 1. The smallest absolute Gasteiger partial charge is 0.451 e. The van der Waals surface area contributed by atoms with Gasteiger partial charge in [-0.2, -0.15) is 0 Å². The maximum absolute atomic E-state index is 11.5. The topological polar surface area (TPSA) is 107 Å². The number of rotatable bonds is 6. The van der Waals surface area contributed by atoms with Gasteiger partial charge in [-0.25, -0.2) is 0 Å². The van der Waals surface area contributed by atoms with Gasteiger partial charge in [0.2, 0.25) is 0 Å². The Labute approximate surface area is 114 Å². The number of nitrogens with zero attached hydrogens (tertiary/aromatic N) is 1. The highest BCUT2D eigenvalue weighted by atomic mass is 16.4. The molecule has 0 unspecified atom stereocenters. The van der Waals surface area contributed by atoms with Crippen molar-refractivity contribution >= 4 is 13.1 Å². The summed E-state index contributed by atoms with van der Waals surface area (Å²) >= 11 is 0. The number of carboxylic acid groups (broad SMARTS) is 1. The second kappa shape index (κ2) is 6.70. The lowest BCUT2D eigenvalue weighted by Crippen LogP contribution is -2.59. The molecule has 0 aromatic carbocycles. The third-order valence-electron chi connectivity index (χ3n) is 4.10. The van der Waals surface area contributed by atoms with Crippen LogP contribution in [0.5, 0.6) is 0 Å². The molecule has 1 aliphatic rings.